The minimum atomic E-state index is -4.62. The van der Waals surface area contributed by atoms with Crippen LogP contribution in [0.2, 0.25) is 0 Å². The molecule has 27 heavy (non-hydrogen) atoms. The minimum absolute atomic E-state index is 0.201. The van der Waals surface area contributed by atoms with Gasteiger partial charge in [0.1, 0.15) is 5.03 Å². The Morgan fingerprint density at radius 2 is 2.00 bits per heavy atom. The maximum Gasteiger partial charge on any atom is 0.451 e. The SMILES string of the molecule is CCOCCCNc1nnc(Sc2nc(C(F)(F)F)nc3ccccc23)s1. The summed E-state index contributed by atoms with van der Waals surface area (Å²) < 4.78 is 45.0. The van der Waals surface area contributed by atoms with E-state index in [1.54, 1.807) is 18.2 Å². The van der Waals surface area contributed by atoms with Gasteiger partial charge in [0.15, 0.2) is 4.34 Å². The Labute approximate surface area is 161 Å². The lowest BCUT2D eigenvalue weighted by atomic mass is 10.2. The van der Waals surface area contributed by atoms with Crippen LogP contribution in [0.1, 0.15) is 19.2 Å². The molecule has 0 saturated carbocycles. The van der Waals surface area contributed by atoms with Crippen LogP contribution in [0.25, 0.3) is 10.9 Å². The summed E-state index contributed by atoms with van der Waals surface area (Å²) >= 11 is 2.31. The number of nitrogens with one attached hydrogen (secondary N) is 1. The maximum atomic E-state index is 13.1. The number of fused-ring (bicyclic) bond motifs is 1. The molecule has 0 spiro atoms. The topological polar surface area (TPSA) is 72.8 Å². The maximum absolute atomic E-state index is 13.1. The smallest absolute Gasteiger partial charge is 0.382 e. The highest BCUT2D eigenvalue weighted by molar-refractivity contribution is 8.01. The molecule has 1 N–H and O–H groups in total. The van der Waals surface area contributed by atoms with E-state index in [4.69, 9.17) is 4.74 Å². The zero-order valence-electron chi connectivity index (χ0n) is 14.3. The second-order valence-electron chi connectivity index (χ2n) is 5.32. The number of halogens is 3. The predicted molar refractivity (Wildman–Crippen MR) is 98.2 cm³/mol. The van der Waals surface area contributed by atoms with Crippen LogP contribution in [0.5, 0.6) is 0 Å². The number of ether oxygens (including phenoxy) is 1. The van der Waals surface area contributed by atoms with E-state index in [0.29, 0.717) is 34.6 Å². The van der Waals surface area contributed by atoms with Gasteiger partial charge in [0, 0.05) is 25.1 Å². The minimum Gasteiger partial charge on any atom is -0.382 e. The fraction of sp³-hybridized carbons (Fsp3) is 0.375. The molecule has 6 nitrogen and oxygen atoms in total. The summed E-state index contributed by atoms with van der Waals surface area (Å²) in [4.78, 5) is 7.31. The van der Waals surface area contributed by atoms with Crippen molar-refractivity contribution < 1.29 is 17.9 Å². The first-order chi connectivity index (χ1) is 13.0. The highest BCUT2D eigenvalue weighted by Gasteiger charge is 2.35. The molecular formula is C16H16F3N5OS2. The van der Waals surface area contributed by atoms with Gasteiger partial charge in [0.05, 0.1) is 5.52 Å². The van der Waals surface area contributed by atoms with Crippen LogP contribution in [0, 0.1) is 0 Å². The molecule has 0 amide bonds. The van der Waals surface area contributed by atoms with E-state index in [9.17, 15) is 13.2 Å². The quantitative estimate of drug-likeness (QED) is 0.429. The highest BCUT2D eigenvalue weighted by Crippen LogP contribution is 2.36. The zero-order valence-corrected chi connectivity index (χ0v) is 15.9. The standard InChI is InChI=1S/C16H16F3N5OS2/c1-2-25-9-5-8-20-14-23-24-15(27-14)26-12-10-6-3-4-7-11(10)21-13(22-12)16(17,18)19/h3-4,6-7H,2,5,8-9H2,1H3,(H,20,23). The molecule has 0 unspecified atom stereocenters. The average molecular weight is 415 g/mol. The third-order valence-electron chi connectivity index (χ3n) is 3.36. The Morgan fingerprint density at radius 1 is 1.19 bits per heavy atom. The highest BCUT2D eigenvalue weighted by atomic mass is 32.2. The fourth-order valence-electron chi connectivity index (χ4n) is 2.17. The number of nitrogens with zero attached hydrogens (tertiary/aromatic N) is 4. The van der Waals surface area contributed by atoms with Gasteiger partial charge in [-0.25, -0.2) is 9.97 Å². The lowest BCUT2D eigenvalue weighted by Crippen LogP contribution is -2.11. The van der Waals surface area contributed by atoms with Crippen LogP contribution in [0.15, 0.2) is 33.6 Å². The molecule has 0 radical (unpaired) electrons. The van der Waals surface area contributed by atoms with Crippen molar-refractivity contribution in [3.8, 4) is 0 Å². The lowest BCUT2D eigenvalue weighted by molar-refractivity contribution is -0.145. The first kappa shape index (κ1) is 19.8. The summed E-state index contributed by atoms with van der Waals surface area (Å²) in [6.07, 6.45) is -3.80. The molecule has 2 heterocycles. The third-order valence-corrected chi connectivity index (χ3v) is 5.29. The third kappa shape index (κ3) is 5.27. The predicted octanol–water partition coefficient (Wildman–Crippen LogP) is 4.49. The van der Waals surface area contributed by atoms with Crippen LogP contribution >= 0.6 is 23.1 Å². The van der Waals surface area contributed by atoms with Gasteiger partial charge >= 0.3 is 6.18 Å². The number of para-hydroxylation sites is 1. The molecule has 0 saturated heterocycles. The monoisotopic (exact) mass is 415 g/mol. The van der Waals surface area contributed by atoms with Gasteiger partial charge in [-0.15, -0.1) is 10.2 Å². The molecule has 3 aromatic rings. The number of hydrogen-bond acceptors (Lipinski definition) is 8. The molecule has 0 fully saturated rings. The van der Waals surface area contributed by atoms with Crippen molar-refractivity contribution in [1.29, 1.82) is 0 Å². The van der Waals surface area contributed by atoms with Crippen molar-refractivity contribution in [3.05, 3.63) is 30.1 Å². The number of alkyl halides is 3. The van der Waals surface area contributed by atoms with E-state index < -0.39 is 12.0 Å². The van der Waals surface area contributed by atoms with Gasteiger partial charge < -0.3 is 10.1 Å². The fourth-order valence-corrected chi connectivity index (χ4v) is 3.98. The van der Waals surface area contributed by atoms with Gasteiger partial charge in [-0.2, -0.15) is 13.2 Å². The van der Waals surface area contributed by atoms with Crippen molar-refractivity contribution in [2.75, 3.05) is 25.1 Å². The van der Waals surface area contributed by atoms with Crippen LogP contribution in [0.3, 0.4) is 0 Å². The summed E-state index contributed by atoms with van der Waals surface area (Å²) in [7, 11) is 0. The first-order valence-corrected chi connectivity index (χ1v) is 9.77. The summed E-state index contributed by atoms with van der Waals surface area (Å²) in [5, 5.41) is 12.5. The van der Waals surface area contributed by atoms with E-state index in [1.165, 1.54) is 17.4 Å². The zero-order chi connectivity index (χ0) is 19.3. The van der Waals surface area contributed by atoms with Crippen molar-refractivity contribution >= 4 is 39.1 Å². The molecule has 0 atom stereocenters. The molecule has 1 aromatic carbocycles. The number of rotatable bonds is 8. The van der Waals surface area contributed by atoms with Crippen LogP contribution in [-0.2, 0) is 10.9 Å². The molecule has 0 bridgehead atoms. The van der Waals surface area contributed by atoms with Crippen molar-refractivity contribution in [3.63, 3.8) is 0 Å². The Hall–Kier alpha value is -1.98. The summed E-state index contributed by atoms with van der Waals surface area (Å²) in [6.45, 7) is 3.93. The van der Waals surface area contributed by atoms with E-state index in [1.807, 2.05) is 6.92 Å². The van der Waals surface area contributed by atoms with Crippen molar-refractivity contribution in [2.24, 2.45) is 0 Å². The van der Waals surface area contributed by atoms with Crippen LogP contribution in [0.4, 0.5) is 18.3 Å². The Morgan fingerprint density at radius 3 is 2.78 bits per heavy atom. The van der Waals surface area contributed by atoms with E-state index in [2.05, 4.69) is 25.5 Å². The van der Waals surface area contributed by atoms with E-state index in [0.717, 1.165) is 18.2 Å². The average Bonchev–Trinajstić information content (AvgIpc) is 3.08. The van der Waals surface area contributed by atoms with E-state index >= 15 is 0 Å². The van der Waals surface area contributed by atoms with Gasteiger partial charge in [-0.1, -0.05) is 29.5 Å². The Bertz CT molecular complexity index is 903. The number of anilines is 1. The Balaban J connectivity index is 1.76. The van der Waals surface area contributed by atoms with Crippen molar-refractivity contribution in [2.45, 2.75) is 28.9 Å². The summed E-state index contributed by atoms with van der Waals surface area (Å²) in [5.41, 5.74) is 0.237. The molecule has 0 aliphatic rings. The molecule has 3 rings (SSSR count). The van der Waals surface area contributed by atoms with E-state index in [-0.39, 0.29) is 10.5 Å². The molecule has 11 heteroatoms. The number of benzene rings is 1. The first-order valence-electron chi connectivity index (χ1n) is 8.14. The molecule has 144 valence electrons. The van der Waals surface area contributed by atoms with Gasteiger partial charge in [0.2, 0.25) is 11.0 Å². The normalized spacial score (nSPS) is 11.9. The molecule has 0 aliphatic heterocycles. The summed E-state index contributed by atoms with van der Waals surface area (Å²) in [6, 6.07) is 6.58. The van der Waals surface area contributed by atoms with Crippen molar-refractivity contribution in [1.82, 2.24) is 20.2 Å². The van der Waals surface area contributed by atoms with Gasteiger partial charge in [-0.05, 0) is 31.2 Å². The lowest BCUT2D eigenvalue weighted by Gasteiger charge is -2.09. The number of aromatic nitrogens is 4. The second-order valence-corrected chi connectivity index (χ2v) is 7.53. The Kier molecular flexibility index (Phi) is 6.45. The van der Waals surface area contributed by atoms with Crippen LogP contribution in [-0.4, -0.2) is 39.9 Å². The summed E-state index contributed by atoms with van der Waals surface area (Å²) in [5.74, 6) is -1.16. The van der Waals surface area contributed by atoms with Gasteiger partial charge in [-0.3, -0.25) is 0 Å². The number of hydrogen-bond donors (Lipinski definition) is 1. The molecule has 2 aromatic heterocycles. The molecule has 0 aliphatic carbocycles. The van der Waals surface area contributed by atoms with Gasteiger partial charge in [0.25, 0.3) is 0 Å². The largest absolute Gasteiger partial charge is 0.451 e. The molecular weight excluding hydrogens is 399 g/mol. The van der Waals surface area contributed by atoms with Crippen LogP contribution < -0.4 is 5.32 Å². The second kappa shape index (κ2) is 8.81.